The van der Waals surface area contributed by atoms with Crippen molar-refractivity contribution in [3.05, 3.63) is 58.9 Å². The third-order valence-corrected chi connectivity index (χ3v) is 13.3. The number of hydrogen-bond acceptors (Lipinski definition) is 15. The lowest BCUT2D eigenvalue weighted by Gasteiger charge is -2.20. The Morgan fingerprint density at radius 1 is 0.810 bits per heavy atom. The standard InChI is InChI=1S/C38H43ClN6O16P2/c1-53-27-11-19-6-8-44(25(19)14-28(27)54-2)37(47)24-13-22-32-21(16-39)17-45(38(48)23-10-20-12-30(55-3)35(56-4)36(57-5)33(20)42-23)26(32)15-29(34(22)43-24)60-63(51,52)61-62(49,50)59-9-7-41-31(46)18-58-40/h10-15,21,42-43H,6-9,16-18,40H2,1-5H3,(H,41,46)(H,49,50)(H,51,52)/t21-/m1/s1. The van der Waals surface area contributed by atoms with Gasteiger partial charge in [-0.2, -0.15) is 4.31 Å². The fraction of sp³-hybridized carbons (Fsp3) is 0.342. The molecule has 338 valence electrons. The van der Waals surface area contributed by atoms with Crippen LogP contribution in [-0.4, -0.2) is 112 Å². The lowest BCUT2D eigenvalue weighted by Crippen LogP contribution is -2.31. The number of methoxy groups -OCH3 is 5. The lowest BCUT2D eigenvalue weighted by atomic mass is 9.98. The molecule has 2 unspecified atom stereocenters. The first-order valence-corrected chi connectivity index (χ1v) is 22.4. The van der Waals surface area contributed by atoms with Crippen molar-refractivity contribution in [3.63, 3.8) is 0 Å². The van der Waals surface area contributed by atoms with E-state index in [1.807, 2.05) is 0 Å². The van der Waals surface area contributed by atoms with E-state index in [9.17, 15) is 33.3 Å². The van der Waals surface area contributed by atoms with Gasteiger partial charge in [0.1, 0.15) is 18.0 Å². The topological polar surface area (TPSA) is 285 Å². The van der Waals surface area contributed by atoms with E-state index in [4.69, 9.17) is 50.2 Å². The number of carbonyl (C=O) groups excluding carboxylic acids is 3. The van der Waals surface area contributed by atoms with Crippen LogP contribution in [0.4, 0.5) is 11.4 Å². The summed E-state index contributed by atoms with van der Waals surface area (Å²) < 4.78 is 68.8. The van der Waals surface area contributed by atoms with Crippen LogP contribution in [0.3, 0.4) is 0 Å². The first kappa shape index (κ1) is 45.5. The van der Waals surface area contributed by atoms with Gasteiger partial charge in [0.05, 0.1) is 64.6 Å². The molecule has 5 aromatic rings. The number of aromatic amines is 2. The molecule has 63 heavy (non-hydrogen) atoms. The molecule has 3 atom stereocenters. The molecule has 7 rings (SSSR count). The van der Waals surface area contributed by atoms with Crippen LogP contribution in [0.15, 0.2) is 36.4 Å². The first-order valence-electron chi connectivity index (χ1n) is 18.9. The minimum atomic E-state index is -5.58. The molecule has 0 bridgehead atoms. The summed E-state index contributed by atoms with van der Waals surface area (Å²) in [6.45, 7) is -1.15. The van der Waals surface area contributed by atoms with Crippen LogP contribution >= 0.6 is 27.2 Å². The highest BCUT2D eigenvalue weighted by Gasteiger charge is 2.41. The number of fused-ring (bicyclic) bond motifs is 5. The number of benzene rings is 3. The maximum atomic E-state index is 14.5. The summed E-state index contributed by atoms with van der Waals surface area (Å²) in [6.07, 6.45) is 0.499. The number of H-pyrrole nitrogens is 2. The number of alkyl halides is 1. The zero-order chi connectivity index (χ0) is 45.4. The summed E-state index contributed by atoms with van der Waals surface area (Å²) in [5, 5.41) is 3.11. The van der Waals surface area contributed by atoms with Crippen LogP contribution in [0, 0.1) is 0 Å². The molecule has 2 aromatic heterocycles. The maximum absolute atomic E-state index is 14.5. The van der Waals surface area contributed by atoms with Crippen LogP contribution < -0.4 is 49.2 Å². The van der Waals surface area contributed by atoms with Crippen molar-refractivity contribution < 1.29 is 75.2 Å². The quantitative estimate of drug-likeness (QED) is 0.0305. The molecule has 0 radical (unpaired) electrons. The molecular weight excluding hydrogens is 894 g/mol. The summed E-state index contributed by atoms with van der Waals surface area (Å²) in [5.41, 5.74) is 2.61. The number of nitrogens with zero attached hydrogens (tertiary/aromatic N) is 2. The highest BCUT2D eigenvalue weighted by Crippen LogP contribution is 2.61. The zero-order valence-electron chi connectivity index (χ0n) is 34.3. The van der Waals surface area contributed by atoms with Gasteiger partial charge >= 0.3 is 15.6 Å². The van der Waals surface area contributed by atoms with Crippen molar-refractivity contribution >= 4 is 78.1 Å². The van der Waals surface area contributed by atoms with E-state index in [1.54, 1.807) is 24.3 Å². The van der Waals surface area contributed by atoms with Gasteiger partial charge < -0.3 is 58.2 Å². The van der Waals surface area contributed by atoms with E-state index in [0.717, 1.165) is 5.56 Å². The number of aromatic nitrogens is 2. The van der Waals surface area contributed by atoms with Gasteiger partial charge in [-0.15, -0.1) is 11.6 Å². The maximum Gasteiger partial charge on any atom is 0.536 e. The second-order valence-corrected chi connectivity index (χ2v) is 17.3. The fourth-order valence-corrected chi connectivity index (χ4v) is 10.0. The SMILES string of the molecule is COc1cc2c(cc1OC)N(C(=O)c1cc3c4c(cc(OP(=O)(O)OP(=O)(O)OCCNC(=O)CON)c3[nH]1)N(C(=O)c1cc3cc(OC)c(OC)c(OC)c3[nH]1)C[C@H]4CCl)CC2. The molecule has 0 spiro atoms. The number of carbonyl (C=O) groups is 3. The molecule has 25 heteroatoms. The molecule has 0 saturated heterocycles. The Balaban J connectivity index is 1.29. The fourth-order valence-electron chi connectivity index (χ4n) is 7.69. The Morgan fingerprint density at radius 2 is 1.46 bits per heavy atom. The van der Waals surface area contributed by atoms with Gasteiger partial charge in [0, 0.05) is 54.3 Å². The second kappa shape index (κ2) is 18.3. The summed E-state index contributed by atoms with van der Waals surface area (Å²) in [4.78, 5) is 75.0. The second-order valence-electron chi connectivity index (χ2n) is 14.0. The molecule has 0 aliphatic carbocycles. The monoisotopic (exact) mass is 936 g/mol. The molecule has 0 fully saturated rings. The predicted molar refractivity (Wildman–Crippen MR) is 227 cm³/mol. The highest BCUT2D eigenvalue weighted by molar-refractivity contribution is 7.61. The van der Waals surface area contributed by atoms with Crippen molar-refractivity contribution in [2.24, 2.45) is 5.90 Å². The van der Waals surface area contributed by atoms with E-state index < -0.39 is 58.2 Å². The molecule has 7 N–H and O–H groups in total. The van der Waals surface area contributed by atoms with Gasteiger partial charge in [0.2, 0.25) is 11.7 Å². The molecule has 0 saturated carbocycles. The number of nitrogens with two attached hydrogens (primary N) is 1. The van der Waals surface area contributed by atoms with Crippen LogP contribution in [0.5, 0.6) is 34.5 Å². The minimum absolute atomic E-state index is 0.000753. The minimum Gasteiger partial charge on any atom is -0.493 e. The van der Waals surface area contributed by atoms with Gasteiger partial charge in [0.15, 0.2) is 28.7 Å². The van der Waals surface area contributed by atoms with E-state index in [0.29, 0.717) is 51.6 Å². The third kappa shape index (κ3) is 8.86. The molecule has 3 aromatic carbocycles. The number of amides is 3. The Bertz CT molecular complexity index is 2710. The van der Waals surface area contributed by atoms with E-state index in [-0.39, 0.29) is 59.2 Å². The Kier molecular flexibility index (Phi) is 13.2. The van der Waals surface area contributed by atoms with Crippen LogP contribution in [0.2, 0.25) is 0 Å². The van der Waals surface area contributed by atoms with Crippen LogP contribution in [0.25, 0.3) is 21.8 Å². The number of phosphoric ester groups is 2. The van der Waals surface area contributed by atoms with Gasteiger partial charge in [-0.3, -0.25) is 28.6 Å². The van der Waals surface area contributed by atoms with Crippen molar-refractivity contribution in [3.8, 4) is 34.5 Å². The Labute approximate surface area is 363 Å². The number of anilines is 2. The molecule has 2 aliphatic rings. The first-order chi connectivity index (χ1) is 30.1. The third-order valence-electron chi connectivity index (χ3n) is 10.4. The number of phosphoric acid groups is 2. The smallest absolute Gasteiger partial charge is 0.493 e. The Morgan fingerprint density at radius 3 is 2.13 bits per heavy atom. The summed E-state index contributed by atoms with van der Waals surface area (Å²) >= 11 is 6.57. The van der Waals surface area contributed by atoms with E-state index in [1.165, 1.54) is 57.5 Å². The lowest BCUT2D eigenvalue weighted by molar-refractivity contribution is -0.125. The van der Waals surface area contributed by atoms with Crippen LogP contribution in [-0.2, 0) is 34.0 Å². The number of rotatable bonds is 18. The van der Waals surface area contributed by atoms with E-state index in [2.05, 4.69) is 24.4 Å². The number of hydrogen-bond donors (Lipinski definition) is 6. The molecule has 2 aliphatic heterocycles. The molecule has 22 nitrogen and oxygen atoms in total. The predicted octanol–water partition coefficient (Wildman–Crippen LogP) is 4.50. The average molecular weight is 937 g/mol. The summed E-state index contributed by atoms with van der Waals surface area (Å²) in [6, 6.07) is 9.49. The van der Waals surface area contributed by atoms with Crippen molar-refractivity contribution in [2.75, 3.05) is 84.1 Å². The number of nitrogens with one attached hydrogen (secondary N) is 3. The Hall–Kier alpha value is -5.54. The number of ether oxygens (including phenoxy) is 5. The van der Waals surface area contributed by atoms with Crippen molar-refractivity contribution in [1.29, 1.82) is 0 Å². The van der Waals surface area contributed by atoms with Crippen LogP contribution in [0.1, 0.15) is 38.0 Å². The molecule has 4 heterocycles. The highest BCUT2D eigenvalue weighted by atomic mass is 35.5. The summed E-state index contributed by atoms with van der Waals surface area (Å²) in [7, 11) is -3.61. The van der Waals surface area contributed by atoms with Gasteiger partial charge in [-0.05, 0) is 41.8 Å². The molecule has 3 amide bonds. The number of halogens is 1. The van der Waals surface area contributed by atoms with Crippen molar-refractivity contribution in [1.82, 2.24) is 15.3 Å². The zero-order valence-corrected chi connectivity index (χ0v) is 36.9. The average Bonchev–Trinajstić information content (AvgIpc) is 4.06. The van der Waals surface area contributed by atoms with Gasteiger partial charge in [0.25, 0.3) is 11.8 Å². The van der Waals surface area contributed by atoms with E-state index >= 15 is 0 Å². The largest absolute Gasteiger partial charge is 0.536 e. The van der Waals surface area contributed by atoms with Crippen molar-refractivity contribution in [2.45, 2.75) is 12.3 Å². The normalized spacial score (nSPS) is 16.3. The van der Waals surface area contributed by atoms with Gasteiger partial charge in [-0.1, -0.05) is 0 Å². The van der Waals surface area contributed by atoms with Gasteiger partial charge in [-0.25, -0.2) is 15.0 Å². The summed E-state index contributed by atoms with van der Waals surface area (Å²) in [5.74, 6) is 3.95. The molecular formula is C38H43ClN6O16P2.